The minimum atomic E-state index is -0.896. The smallest absolute Gasteiger partial charge is 0.331 e. The molecule has 10 heteroatoms. The number of hydrogen-bond donors (Lipinski definition) is 1. The number of aryl methyl sites for hydroxylation is 1. The van der Waals surface area contributed by atoms with Crippen LogP contribution in [-0.4, -0.2) is 77.8 Å². The van der Waals surface area contributed by atoms with Crippen molar-refractivity contribution >= 4 is 23.8 Å². The van der Waals surface area contributed by atoms with Crippen molar-refractivity contribution in [1.82, 2.24) is 15.3 Å². The van der Waals surface area contributed by atoms with E-state index in [-0.39, 0.29) is 25.4 Å². The van der Waals surface area contributed by atoms with Crippen LogP contribution in [0.25, 0.3) is 0 Å². The lowest BCUT2D eigenvalue weighted by atomic mass is 10.0. The minimum Gasteiger partial charge on any atom is -0.497 e. The highest BCUT2D eigenvalue weighted by Gasteiger charge is 2.46. The standard InChI is InChI=1S/C27H39N3O7/c1-6-36-25(33)21(14-11-18-9-12-19(35-5)13-10-18)28-20-15-16-23(31)29-17-7-8-22(30(29)24(20)32)26(34)37-27(2,3)4/h9-10,12-13,20-22,28H,6-8,11,14-17H2,1-5H3/t20-,21-,22-/m0/s1. The summed E-state index contributed by atoms with van der Waals surface area (Å²) in [7, 11) is 1.60. The van der Waals surface area contributed by atoms with Crippen molar-refractivity contribution in [2.45, 2.75) is 89.9 Å². The average molecular weight is 518 g/mol. The lowest BCUT2D eigenvalue weighted by molar-refractivity contribution is -0.188. The van der Waals surface area contributed by atoms with Crippen LogP contribution in [0.15, 0.2) is 24.3 Å². The van der Waals surface area contributed by atoms with Gasteiger partial charge in [-0.3, -0.25) is 24.7 Å². The Hall–Kier alpha value is -3.14. The van der Waals surface area contributed by atoms with Crippen molar-refractivity contribution in [3.63, 3.8) is 0 Å². The number of hydrogen-bond acceptors (Lipinski definition) is 8. The molecule has 1 aromatic rings. The molecule has 10 nitrogen and oxygen atoms in total. The molecule has 2 aliphatic heterocycles. The molecule has 0 bridgehead atoms. The van der Waals surface area contributed by atoms with Crippen LogP contribution in [0.2, 0.25) is 0 Å². The Kier molecular flexibility index (Phi) is 9.53. The van der Waals surface area contributed by atoms with Crippen LogP contribution in [0.3, 0.4) is 0 Å². The molecule has 0 saturated carbocycles. The fraction of sp³-hybridized carbons (Fsp3) is 0.630. The van der Waals surface area contributed by atoms with Gasteiger partial charge < -0.3 is 14.2 Å². The highest BCUT2D eigenvalue weighted by atomic mass is 16.6. The van der Waals surface area contributed by atoms with Crippen molar-refractivity contribution in [1.29, 1.82) is 0 Å². The molecule has 2 fully saturated rings. The molecule has 0 spiro atoms. The summed E-state index contributed by atoms with van der Waals surface area (Å²) in [5.74, 6) is -0.904. The molecular formula is C27H39N3O7. The van der Waals surface area contributed by atoms with E-state index in [9.17, 15) is 19.2 Å². The fourth-order valence-corrected chi connectivity index (χ4v) is 4.63. The first-order chi connectivity index (χ1) is 17.5. The second-order valence-corrected chi connectivity index (χ2v) is 10.3. The molecule has 2 amide bonds. The number of esters is 2. The number of amides is 2. The molecule has 0 aromatic heterocycles. The summed E-state index contributed by atoms with van der Waals surface area (Å²) in [5.41, 5.74) is 0.276. The van der Waals surface area contributed by atoms with Gasteiger partial charge in [0.25, 0.3) is 5.91 Å². The van der Waals surface area contributed by atoms with Gasteiger partial charge >= 0.3 is 11.9 Å². The normalized spacial score (nSPS) is 21.1. The molecule has 3 rings (SSSR count). The van der Waals surface area contributed by atoms with Crippen molar-refractivity contribution in [2.75, 3.05) is 20.3 Å². The van der Waals surface area contributed by atoms with Gasteiger partial charge in [-0.25, -0.2) is 9.80 Å². The third-order valence-corrected chi connectivity index (χ3v) is 6.39. The van der Waals surface area contributed by atoms with Crippen molar-refractivity contribution in [3.8, 4) is 5.75 Å². The SMILES string of the molecule is CCOC(=O)[C@H](CCc1ccc(OC)cc1)N[C@H]1CCC(=O)N2CCC[C@@H](C(=O)OC(C)(C)C)N2C1=O. The quantitative estimate of drug-likeness (QED) is 0.497. The predicted molar refractivity (Wildman–Crippen MR) is 135 cm³/mol. The Balaban J connectivity index is 1.80. The number of hydrazine groups is 1. The molecular weight excluding hydrogens is 478 g/mol. The Morgan fingerprint density at radius 3 is 2.46 bits per heavy atom. The van der Waals surface area contributed by atoms with Crippen molar-refractivity contribution in [3.05, 3.63) is 29.8 Å². The maximum Gasteiger partial charge on any atom is 0.331 e. The number of nitrogens with zero attached hydrogens (tertiary/aromatic N) is 2. The number of ether oxygens (including phenoxy) is 3. The van der Waals surface area contributed by atoms with E-state index in [0.717, 1.165) is 11.3 Å². The summed E-state index contributed by atoms with van der Waals surface area (Å²) < 4.78 is 16.0. The van der Waals surface area contributed by atoms with E-state index >= 15 is 0 Å². The van der Waals surface area contributed by atoms with Crippen LogP contribution in [0, 0.1) is 0 Å². The Morgan fingerprint density at radius 2 is 1.84 bits per heavy atom. The van der Waals surface area contributed by atoms with Gasteiger partial charge in [0.1, 0.15) is 17.4 Å². The second-order valence-electron chi connectivity index (χ2n) is 10.3. The number of carbonyl (C=O) groups is 4. The van der Waals surface area contributed by atoms with Gasteiger partial charge in [-0.1, -0.05) is 12.1 Å². The number of carbonyl (C=O) groups excluding carboxylic acids is 4. The first kappa shape index (κ1) is 28.4. The van der Waals surface area contributed by atoms with E-state index in [1.165, 1.54) is 10.0 Å². The third kappa shape index (κ3) is 7.44. The van der Waals surface area contributed by atoms with E-state index in [0.29, 0.717) is 32.2 Å². The van der Waals surface area contributed by atoms with E-state index in [4.69, 9.17) is 14.2 Å². The van der Waals surface area contributed by atoms with Gasteiger partial charge in [0.2, 0.25) is 5.91 Å². The van der Waals surface area contributed by atoms with Gasteiger partial charge in [-0.2, -0.15) is 0 Å². The predicted octanol–water partition coefficient (Wildman–Crippen LogP) is 2.39. The van der Waals surface area contributed by atoms with Crippen LogP contribution in [0.4, 0.5) is 0 Å². The average Bonchev–Trinajstić information content (AvgIpc) is 2.97. The molecule has 0 aliphatic carbocycles. The van der Waals surface area contributed by atoms with E-state index in [2.05, 4.69) is 5.32 Å². The van der Waals surface area contributed by atoms with Gasteiger partial charge in [-0.15, -0.1) is 0 Å². The van der Waals surface area contributed by atoms with Gasteiger partial charge in [0.15, 0.2) is 6.04 Å². The van der Waals surface area contributed by atoms with Gasteiger partial charge in [0, 0.05) is 13.0 Å². The fourth-order valence-electron chi connectivity index (χ4n) is 4.63. The lowest BCUT2D eigenvalue weighted by Crippen LogP contribution is -2.63. The molecule has 204 valence electrons. The van der Waals surface area contributed by atoms with E-state index in [1.54, 1.807) is 34.8 Å². The van der Waals surface area contributed by atoms with Crippen LogP contribution >= 0.6 is 0 Å². The molecule has 0 unspecified atom stereocenters. The van der Waals surface area contributed by atoms with E-state index < -0.39 is 41.6 Å². The number of nitrogens with one attached hydrogen (secondary N) is 1. The molecule has 2 aliphatic rings. The molecule has 1 aromatic carbocycles. The summed E-state index contributed by atoms with van der Waals surface area (Å²) in [4.78, 5) is 52.5. The van der Waals surface area contributed by atoms with E-state index in [1.807, 2.05) is 24.3 Å². The van der Waals surface area contributed by atoms with Crippen molar-refractivity contribution < 1.29 is 33.4 Å². The van der Waals surface area contributed by atoms with Crippen LogP contribution in [0.1, 0.15) is 65.4 Å². The summed E-state index contributed by atoms with van der Waals surface area (Å²) in [5, 5.41) is 5.80. The van der Waals surface area contributed by atoms with Crippen LogP contribution in [-0.2, 0) is 35.1 Å². The topological polar surface area (TPSA) is 114 Å². The summed E-state index contributed by atoms with van der Waals surface area (Å²) >= 11 is 0. The Bertz CT molecular complexity index is 973. The largest absolute Gasteiger partial charge is 0.497 e. The Morgan fingerprint density at radius 1 is 1.14 bits per heavy atom. The number of methoxy groups -OCH3 is 1. The zero-order valence-electron chi connectivity index (χ0n) is 22.5. The lowest BCUT2D eigenvalue weighted by Gasteiger charge is -2.43. The molecule has 1 N–H and O–H groups in total. The number of rotatable bonds is 9. The maximum absolute atomic E-state index is 13.8. The molecule has 2 heterocycles. The van der Waals surface area contributed by atoms with Crippen LogP contribution < -0.4 is 10.1 Å². The van der Waals surface area contributed by atoms with Gasteiger partial charge in [-0.05, 0) is 77.5 Å². The highest BCUT2D eigenvalue weighted by Crippen LogP contribution is 2.27. The molecule has 37 heavy (non-hydrogen) atoms. The summed E-state index contributed by atoms with van der Waals surface area (Å²) in [6.45, 7) is 7.58. The van der Waals surface area contributed by atoms with Gasteiger partial charge in [0.05, 0.1) is 19.8 Å². The first-order valence-electron chi connectivity index (χ1n) is 13.0. The Labute approximate surface area is 218 Å². The zero-order chi connectivity index (χ0) is 27.2. The molecule has 2 saturated heterocycles. The second kappa shape index (κ2) is 12.4. The first-order valence-corrected chi connectivity index (χ1v) is 13.0. The minimum absolute atomic E-state index is 0.120. The summed E-state index contributed by atoms with van der Waals surface area (Å²) in [6, 6.07) is 5.06. The van der Waals surface area contributed by atoms with Crippen LogP contribution in [0.5, 0.6) is 5.75 Å². The summed E-state index contributed by atoms with van der Waals surface area (Å²) in [6.07, 6.45) is 2.28. The highest BCUT2D eigenvalue weighted by molar-refractivity contribution is 5.92. The molecule has 3 atom stereocenters. The maximum atomic E-state index is 13.8. The number of fused-ring (bicyclic) bond motifs is 1. The molecule has 0 radical (unpaired) electrons. The monoisotopic (exact) mass is 517 g/mol. The third-order valence-electron chi connectivity index (χ3n) is 6.39. The zero-order valence-corrected chi connectivity index (χ0v) is 22.5. The number of benzene rings is 1. The van der Waals surface area contributed by atoms with Crippen molar-refractivity contribution in [2.24, 2.45) is 0 Å².